The molecule has 1 aromatic carbocycles. The van der Waals surface area contributed by atoms with Gasteiger partial charge in [-0.1, -0.05) is 6.07 Å². The normalized spacial score (nSPS) is 14.7. The summed E-state index contributed by atoms with van der Waals surface area (Å²) < 4.78 is 4.84. The van der Waals surface area contributed by atoms with E-state index in [0.717, 1.165) is 0 Å². The zero-order valence-electron chi connectivity index (χ0n) is 8.29. The van der Waals surface area contributed by atoms with Crippen molar-refractivity contribution >= 4 is 0 Å². The molecule has 15 heavy (non-hydrogen) atoms. The molecule has 5 nitrogen and oxygen atoms in total. The second-order valence-electron chi connectivity index (χ2n) is 3.13. The highest BCUT2D eigenvalue weighted by atomic mass is 16.5. The van der Waals surface area contributed by atoms with Gasteiger partial charge in [-0.25, -0.2) is 0 Å². The Bertz CT molecular complexity index is 326. The fraction of sp³-hybridized carbons (Fsp3) is 0.400. The number of aliphatic hydroxyl groups excluding tert-OH is 3. The molecule has 0 unspecified atom stereocenters. The van der Waals surface area contributed by atoms with E-state index < -0.39 is 18.8 Å². The molecule has 1 aromatic rings. The molecule has 5 heteroatoms. The second kappa shape index (κ2) is 4.97. The van der Waals surface area contributed by atoms with Crippen LogP contribution in [0.1, 0.15) is 11.7 Å². The van der Waals surface area contributed by atoms with E-state index in [1.54, 1.807) is 0 Å². The van der Waals surface area contributed by atoms with Crippen molar-refractivity contribution < 1.29 is 25.2 Å². The van der Waals surface area contributed by atoms with Crippen LogP contribution >= 0.6 is 0 Å². The average molecular weight is 214 g/mol. The van der Waals surface area contributed by atoms with Gasteiger partial charge in [-0.3, -0.25) is 0 Å². The van der Waals surface area contributed by atoms with Gasteiger partial charge in [0.15, 0.2) is 11.5 Å². The molecule has 0 saturated carbocycles. The van der Waals surface area contributed by atoms with Gasteiger partial charge >= 0.3 is 0 Å². The molecular weight excluding hydrogens is 200 g/mol. The van der Waals surface area contributed by atoms with Crippen LogP contribution in [0.25, 0.3) is 0 Å². The number of aliphatic hydroxyl groups is 3. The van der Waals surface area contributed by atoms with Crippen LogP contribution in [-0.2, 0) is 0 Å². The number of hydrogen-bond donors (Lipinski definition) is 4. The zero-order chi connectivity index (χ0) is 11.4. The molecule has 0 aliphatic carbocycles. The maximum Gasteiger partial charge on any atom is 0.160 e. The van der Waals surface area contributed by atoms with E-state index in [0.29, 0.717) is 5.56 Å². The molecule has 0 aliphatic heterocycles. The number of hydrogen-bond acceptors (Lipinski definition) is 5. The van der Waals surface area contributed by atoms with Crippen molar-refractivity contribution in [2.24, 2.45) is 0 Å². The van der Waals surface area contributed by atoms with Gasteiger partial charge < -0.3 is 25.2 Å². The Labute approximate surface area is 87.2 Å². The molecule has 0 aromatic heterocycles. The third-order valence-electron chi connectivity index (χ3n) is 2.10. The van der Waals surface area contributed by atoms with Crippen molar-refractivity contribution in [1.82, 2.24) is 0 Å². The summed E-state index contributed by atoms with van der Waals surface area (Å²) in [6, 6.07) is 4.20. The standard InChI is InChI=1S/C10H14O5/c1-15-9-4-6(2-3-7(9)12)10(14)8(13)5-11/h2-4,8,10-14H,5H2,1H3/t8-,10+/m1/s1. The minimum atomic E-state index is -1.25. The Morgan fingerprint density at radius 3 is 2.53 bits per heavy atom. The van der Waals surface area contributed by atoms with Crippen molar-refractivity contribution in [3.8, 4) is 11.5 Å². The van der Waals surface area contributed by atoms with E-state index in [2.05, 4.69) is 0 Å². The smallest absolute Gasteiger partial charge is 0.160 e. The van der Waals surface area contributed by atoms with Crippen molar-refractivity contribution in [3.63, 3.8) is 0 Å². The SMILES string of the molecule is COc1cc([C@H](O)[C@H](O)CO)ccc1O. The molecule has 4 N–H and O–H groups in total. The number of rotatable bonds is 4. The van der Waals surface area contributed by atoms with Crippen LogP contribution in [0.2, 0.25) is 0 Å². The molecule has 0 heterocycles. The van der Waals surface area contributed by atoms with Crippen LogP contribution in [-0.4, -0.2) is 40.2 Å². The van der Waals surface area contributed by atoms with Crippen molar-refractivity contribution in [2.75, 3.05) is 13.7 Å². The van der Waals surface area contributed by atoms with Gasteiger partial charge in [-0.15, -0.1) is 0 Å². The van der Waals surface area contributed by atoms with Crippen LogP contribution in [0.15, 0.2) is 18.2 Å². The largest absolute Gasteiger partial charge is 0.504 e. The van der Waals surface area contributed by atoms with Gasteiger partial charge in [0.05, 0.1) is 13.7 Å². The van der Waals surface area contributed by atoms with Gasteiger partial charge in [0.2, 0.25) is 0 Å². The molecule has 84 valence electrons. The van der Waals surface area contributed by atoms with Crippen molar-refractivity contribution in [3.05, 3.63) is 23.8 Å². The maximum atomic E-state index is 9.55. The first-order valence-electron chi connectivity index (χ1n) is 4.44. The lowest BCUT2D eigenvalue weighted by molar-refractivity contribution is -0.0153. The Balaban J connectivity index is 2.95. The van der Waals surface area contributed by atoms with Gasteiger partial charge in [-0.05, 0) is 17.7 Å². The maximum absolute atomic E-state index is 9.55. The van der Waals surface area contributed by atoms with Gasteiger partial charge in [0, 0.05) is 0 Å². The average Bonchev–Trinajstić information content (AvgIpc) is 2.27. The molecule has 0 saturated heterocycles. The van der Waals surface area contributed by atoms with E-state index in [1.807, 2.05) is 0 Å². The summed E-state index contributed by atoms with van der Waals surface area (Å²) in [6.45, 7) is -0.537. The lowest BCUT2D eigenvalue weighted by Crippen LogP contribution is -2.21. The van der Waals surface area contributed by atoms with Crippen LogP contribution < -0.4 is 4.74 Å². The third-order valence-corrected chi connectivity index (χ3v) is 2.10. The summed E-state index contributed by atoms with van der Waals surface area (Å²) in [6.07, 6.45) is -2.45. The molecule has 1 rings (SSSR count). The molecular formula is C10H14O5. The molecule has 2 atom stereocenters. The topological polar surface area (TPSA) is 90.2 Å². The van der Waals surface area contributed by atoms with Crippen LogP contribution in [0, 0.1) is 0 Å². The minimum absolute atomic E-state index is 0.0491. The second-order valence-corrected chi connectivity index (χ2v) is 3.13. The molecule has 0 aliphatic rings. The van der Waals surface area contributed by atoms with Gasteiger partial charge in [-0.2, -0.15) is 0 Å². The summed E-state index contributed by atoms with van der Waals surface area (Å²) in [5.74, 6) is 0.156. The summed E-state index contributed by atoms with van der Waals surface area (Å²) in [7, 11) is 1.38. The van der Waals surface area contributed by atoms with Crippen molar-refractivity contribution in [2.45, 2.75) is 12.2 Å². The zero-order valence-corrected chi connectivity index (χ0v) is 8.29. The Kier molecular flexibility index (Phi) is 3.90. The molecule has 0 amide bonds. The lowest BCUT2D eigenvalue weighted by atomic mass is 10.0. The Morgan fingerprint density at radius 2 is 2.00 bits per heavy atom. The van der Waals surface area contributed by atoms with Crippen LogP contribution in [0.4, 0.5) is 0 Å². The van der Waals surface area contributed by atoms with Crippen LogP contribution in [0.3, 0.4) is 0 Å². The Hall–Kier alpha value is -1.30. The summed E-state index contributed by atoms with van der Waals surface area (Å²) in [5.41, 5.74) is 0.367. The van der Waals surface area contributed by atoms with Crippen molar-refractivity contribution in [1.29, 1.82) is 0 Å². The monoisotopic (exact) mass is 214 g/mol. The highest BCUT2D eigenvalue weighted by molar-refractivity contribution is 5.42. The number of aromatic hydroxyl groups is 1. The van der Waals surface area contributed by atoms with Crippen LogP contribution in [0.5, 0.6) is 11.5 Å². The minimum Gasteiger partial charge on any atom is -0.504 e. The fourth-order valence-electron chi connectivity index (χ4n) is 1.20. The first-order valence-corrected chi connectivity index (χ1v) is 4.44. The molecule has 0 fully saturated rings. The molecule has 0 radical (unpaired) electrons. The highest BCUT2D eigenvalue weighted by Gasteiger charge is 2.18. The molecule has 0 bridgehead atoms. The number of benzene rings is 1. The number of phenolic OH excluding ortho intramolecular Hbond substituents is 1. The first-order chi connectivity index (χ1) is 7.10. The number of phenols is 1. The summed E-state index contributed by atoms with van der Waals surface area (Å²) in [4.78, 5) is 0. The number of methoxy groups -OCH3 is 1. The summed E-state index contributed by atoms with van der Waals surface area (Å²) >= 11 is 0. The van der Waals surface area contributed by atoms with E-state index in [9.17, 15) is 15.3 Å². The third kappa shape index (κ3) is 2.59. The first kappa shape index (κ1) is 11.8. The van der Waals surface area contributed by atoms with E-state index in [1.165, 1.54) is 25.3 Å². The summed E-state index contributed by atoms with van der Waals surface area (Å²) in [5, 5.41) is 36.7. The van der Waals surface area contributed by atoms with E-state index in [-0.39, 0.29) is 11.5 Å². The fourth-order valence-corrected chi connectivity index (χ4v) is 1.20. The predicted molar refractivity (Wildman–Crippen MR) is 52.7 cm³/mol. The Morgan fingerprint density at radius 1 is 1.33 bits per heavy atom. The lowest BCUT2D eigenvalue weighted by Gasteiger charge is -2.16. The number of ether oxygens (including phenoxy) is 1. The predicted octanol–water partition coefficient (Wildman–Crippen LogP) is -0.213. The van der Waals surface area contributed by atoms with Gasteiger partial charge in [0.1, 0.15) is 12.2 Å². The molecule has 0 spiro atoms. The van der Waals surface area contributed by atoms with E-state index >= 15 is 0 Å². The quantitative estimate of drug-likeness (QED) is 0.556. The van der Waals surface area contributed by atoms with E-state index in [4.69, 9.17) is 9.84 Å². The highest BCUT2D eigenvalue weighted by Crippen LogP contribution is 2.29. The van der Waals surface area contributed by atoms with Gasteiger partial charge in [0.25, 0.3) is 0 Å².